The number of ketones is 1. The fourth-order valence-electron chi connectivity index (χ4n) is 5.03. The second-order valence-electron chi connectivity index (χ2n) is 9.62. The normalized spacial score (nSPS) is 17.6. The summed E-state index contributed by atoms with van der Waals surface area (Å²) in [7, 11) is 0. The Balaban J connectivity index is 1.41. The molecule has 2 aliphatic heterocycles. The zero-order chi connectivity index (χ0) is 27.5. The molecule has 1 N–H and O–H groups in total. The number of Topliss-reactive ketones (excluding diaryl/α,β-unsaturated/α-hetero) is 1. The number of likely N-dealkylation sites (tertiary alicyclic amines) is 1. The average molecular weight is 534 g/mol. The van der Waals surface area contributed by atoms with Crippen molar-refractivity contribution in [1.82, 2.24) is 4.90 Å². The third-order valence-electron chi connectivity index (χ3n) is 6.97. The van der Waals surface area contributed by atoms with E-state index in [1.807, 2.05) is 84.9 Å². The van der Waals surface area contributed by atoms with E-state index in [4.69, 9.17) is 14.2 Å². The summed E-state index contributed by atoms with van der Waals surface area (Å²) in [5, 5.41) is 11.5. The monoisotopic (exact) mass is 533 g/mol. The molecule has 1 amide bonds. The molecule has 0 radical (unpaired) electrons. The summed E-state index contributed by atoms with van der Waals surface area (Å²) in [4.78, 5) is 28.4. The molecule has 1 atom stereocenters. The number of hydrogen-bond donors (Lipinski definition) is 1. The second-order valence-corrected chi connectivity index (χ2v) is 9.62. The Morgan fingerprint density at radius 1 is 0.800 bits per heavy atom. The van der Waals surface area contributed by atoms with Crippen molar-refractivity contribution in [2.24, 2.45) is 0 Å². The predicted octanol–water partition coefficient (Wildman–Crippen LogP) is 5.66. The van der Waals surface area contributed by atoms with Crippen molar-refractivity contribution >= 4 is 17.4 Å². The Morgan fingerprint density at radius 3 is 2.25 bits per heavy atom. The molecular weight excluding hydrogens is 506 g/mol. The Bertz CT molecular complexity index is 1580. The van der Waals surface area contributed by atoms with E-state index in [0.29, 0.717) is 48.2 Å². The van der Waals surface area contributed by atoms with Crippen molar-refractivity contribution in [3.63, 3.8) is 0 Å². The number of aliphatic hydroxyl groups excluding tert-OH is 1. The maximum Gasteiger partial charge on any atom is 0.295 e. The van der Waals surface area contributed by atoms with Crippen LogP contribution in [0.1, 0.15) is 28.3 Å². The summed E-state index contributed by atoms with van der Waals surface area (Å²) >= 11 is 0. The molecule has 2 heterocycles. The molecule has 0 aliphatic carbocycles. The predicted molar refractivity (Wildman–Crippen MR) is 149 cm³/mol. The number of ether oxygens (including phenoxy) is 3. The molecule has 4 aromatic rings. The zero-order valence-corrected chi connectivity index (χ0v) is 21.7. The molecule has 7 heteroatoms. The molecule has 0 spiro atoms. The second kappa shape index (κ2) is 11.0. The van der Waals surface area contributed by atoms with Crippen molar-refractivity contribution in [2.45, 2.75) is 19.2 Å². The Morgan fingerprint density at radius 2 is 1.50 bits per heavy atom. The minimum Gasteiger partial charge on any atom is -0.507 e. The van der Waals surface area contributed by atoms with Crippen LogP contribution in [0.25, 0.3) is 5.76 Å². The van der Waals surface area contributed by atoms with Crippen LogP contribution in [0.4, 0.5) is 0 Å². The molecule has 2 aliphatic rings. The van der Waals surface area contributed by atoms with Gasteiger partial charge in [-0.25, -0.2) is 0 Å². The van der Waals surface area contributed by atoms with Crippen molar-refractivity contribution in [3.8, 4) is 17.2 Å². The molecule has 0 saturated carbocycles. The SMILES string of the molecule is O=C1C(=O)N(Cc2ccccc2)[C@@H](c2cccc(OCc3ccccc3)c2)C1=C(O)c1ccc2c(c1)OCCO2. The molecule has 1 fully saturated rings. The first-order chi connectivity index (χ1) is 19.6. The third kappa shape index (κ3) is 5.01. The molecular formula is C33H27NO6. The topological polar surface area (TPSA) is 85.3 Å². The van der Waals surface area contributed by atoms with Crippen LogP contribution >= 0.6 is 0 Å². The lowest BCUT2D eigenvalue weighted by atomic mass is 9.94. The van der Waals surface area contributed by atoms with Gasteiger partial charge in [0.1, 0.15) is 31.3 Å². The van der Waals surface area contributed by atoms with Crippen LogP contribution in [0.5, 0.6) is 17.2 Å². The van der Waals surface area contributed by atoms with E-state index in [-0.39, 0.29) is 17.9 Å². The van der Waals surface area contributed by atoms with Gasteiger partial charge in [-0.3, -0.25) is 9.59 Å². The highest BCUT2D eigenvalue weighted by Gasteiger charge is 2.46. The van der Waals surface area contributed by atoms with Gasteiger partial charge in [0, 0.05) is 12.1 Å². The molecule has 0 aromatic heterocycles. The lowest BCUT2D eigenvalue weighted by Crippen LogP contribution is -2.29. The quantitative estimate of drug-likeness (QED) is 0.188. The van der Waals surface area contributed by atoms with Crippen LogP contribution in [0.15, 0.2) is 109 Å². The van der Waals surface area contributed by atoms with E-state index in [1.165, 1.54) is 4.90 Å². The number of carbonyl (C=O) groups excluding carboxylic acids is 2. The van der Waals surface area contributed by atoms with Crippen molar-refractivity contribution < 1.29 is 28.9 Å². The molecule has 1 saturated heterocycles. The Hall–Kier alpha value is -5.04. The molecule has 40 heavy (non-hydrogen) atoms. The van der Waals surface area contributed by atoms with E-state index in [2.05, 4.69) is 0 Å². The summed E-state index contributed by atoms with van der Waals surface area (Å²) in [5.41, 5.74) is 2.91. The number of benzene rings is 4. The van der Waals surface area contributed by atoms with E-state index in [0.717, 1.165) is 11.1 Å². The van der Waals surface area contributed by atoms with Gasteiger partial charge in [0.15, 0.2) is 11.5 Å². The highest BCUT2D eigenvalue weighted by atomic mass is 16.6. The first-order valence-electron chi connectivity index (χ1n) is 13.1. The van der Waals surface area contributed by atoms with Gasteiger partial charge >= 0.3 is 0 Å². The van der Waals surface area contributed by atoms with Crippen LogP contribution in [0.3, 0.4) is 0 Å². The summed E-state index contributed by atoms with van der Waals surface area (Å²) in [6.45, 7) is 1.38. The summed E-state index contributed by atoms with van der Waals surface area (Å²) in [6.07, 6.45) is 0. The summed E-state index contributed by atoms with van der Waals surface area (Å²) < 4.78 is 17.3. The fourth-order valence-corrected chi connectivity index (χ4v) is 5.03. The lowest BCUT2D eigenvalue weighted by Gasteiger charge is -2.26. The van der Waals surface area contributed by atoms with Crippen molar-refractivity contribution in [1.29, 1.82) is 0 Å². The van der Waals surface area contributed by atoms with Crippen LogP contribution in [-0.4, -0.2) is 34.9 Å². The van der Waals surface area contributed by atoms with Crippen LogP contribution in [0.2, 0.25) is 0 Å². The highest BCUT2D eigenvalue weighted by Crippen LogP contribution is 2.42. The first-order valence-corrected chi connectivity index (χ1v) is 13.1. The number of fused-ring (bicyclic) bond motifs is 1. The average Bonchev–Trinajstić information content (AvgIpc) is 3.25. The van der Waals surface area contributed by atoms with E-state index < -0.39 is 17.7 Å². The third-order valence-corrected chi connectivity index (χ3v) is 6.97. The Labute approximate surface area is 231 Å². The highest BCUT2D eigenvalue weighted by molar-refractivity contribution is 6.46. The van der Waals surface area contributed by atoms with Crippen LogP contribution in [0, 0.1) is 0 Å². The van der Waals surface area contributed by atoms with Gasteiger partial charge < -0.3 is 24.2 Å². The maximum absolute atomic E-state index is 13.5. The summed E-state index contributed by atoms with van der Waals surface area (Å²) in [5.74, 6) is -0.0706. The van der Waals surface area contributed by atoms with Gasteiger partial charge in [0.2, 0.25) is 0 Å². The van der Waals surface area contributed by atoms with Gasteiger partial charge in [-0.15, -0.1) is 0 Å². The molecule has 6 rings (SSSR count). The van der Waals surface area contributed by atoms with Crippen LogP contribution < -0.4 is 14.2 Å². The maximum atomic E-state index is 13.5. The zero-order valence-electron chi connectivity index (χ0n) is 21.7. The minimum absolute atomic E-state index is 0.0119. The van der Waals surface area contributed by atoms with Gasteiger partial charge in [-0.2, -0.15) is 0 Å². The smallest absolute Gasteiger partial charge is 0.295 e. The van der Waals surface area contributed by atoms with E-state index >= 15 is 0 Å². The number of amides is 1. The van der Waals surface area contributed by atoms with Gasteiger partial charge in [-0.05, 0) is 47.0 Å². The molecule has 0 bridgehead atoms. The number of carbonyl (C=O) groups is 2. The van der Waals surface area contributed by atoms with E-state index in [9.17, 15) is 14.7 Å². The minimum atomic E-state index is -0.825. The number of nitrogens with zero attached hydrogens (tertiary/aromatic N) is 1. The summed E-state index contributed by atoms with van der Waals surface area (Å²) in [6, 6.07) is 30.7. The molecule has 200 valence electrons. The number of rotatable bonds is 7. The molecule has 7 nitrogen and oxygen atoms in total. The fraction of sp³-hybridized carbons (Fsp3) is 0.152. The van der Waals surface area contributed by atoms with Gasteiger partial charge in [0.25, 0.3) is 11.7 Å². The van der Waals surface area contributed by atoms with E-state index in [1.54, 1.807) is 18.2 Å². The Kier molecular flexibility index (Phi) is 6.93. The van der Waals surface area contributed by atoms with Crippen molar-refractivity contribution in [2.75, 3.05) is 13.2 Å². The number of hydrogen-bond acceptors (Lipinski definition) is 6. The standard InChI is InChI=1S/C33H27NO6/c35-31(25-14-15-27-28(19-25)39-17-16-38-27)29-30(34(33(37)32(29)36)20-22-8-3-1-4-9-22)24-12-7-13-26(18-24)40-21-23-10-5-2-6-11-23/h1-15,18-19,30,35H,16-17,20-21H2/t30-/m0/s1. The largest absolute Gasteiger partial charge is 0.507 e. The molecule has 4 aromatic carbocycles. The van der Waals surface area contributed by atoms with Crippen LogP contribution in [-0.2, 0) is 22.7 Å². The lowest BCUT2D eigenvalue weighted by molar-refractivity contribution is -0.140. The van der Waals surface area contributed by atoms with Gasteiger partial charge in [0.05, 0.1) is 11.6 Å². The number of aliphatic hydroxyl groups is 1. The molecule has 0 unspecified atom stereocenters. The van der Waals surface area contributed by atoms with Gasteiger partial charge in [-0.1, -0.05) is 72.8 Å². The van der Waals surface area contributed by atoms with Crippen molar-refractivity contribution in [3.05, 3.63) is 131 Å². The first kappa shape index (κ1) is 25.2.